The van der Waals surface area contributed by atoms with Crippen molar-refractivity contribution in [3.8, 4) is 0 Å². The molecule has 24 heavy (non-hydrogen) atoms. The Labute approximate surface area is 147 Å². The first-order valence-corrected chi connectivity index (χ1v) is 9.72. The molecule has 3 rings (SSSR count). The lowest BCUT2D eigenvalue weighted by atomic mass is 9.49. The molecule has 0 aromatic carbocycles. The van der Waals surface area contributed by atoms with Crippen molar-refractivity contribution < 1.29 is 10.2 Å². The highest BCUT2D eigenvalue weighted by atomic mass is 16.3. The Kier molecular flexibility index (Phi) is 4.87. The van der Waals surface area contributed by atoms with Crippen molar-refractivity contribution in [2.45, 2.75) is 64.9 Å². The van der Waals surface area contributed by atoms with Gasteiger partial charge in [0.05, 0.1) is 6.10 Å². The van der Waals surface area contributed by atoms with Crippen molar-refractivity contribution in [3.63, 3.8) is 0 Å². The molecule has 0 amide bonds. The van der Waals surface area contributed by atoms with Crippen LogP contribution in [-0.4, -0.2) is 22.9 Å². The van der Waals surface area contributed by atoms with Crippen molar-refractivity contribution in [2.75, 3.05) is 6.61 Å². The maximum atomic E-state index is 10.1. The molecule has 3 saturated carbocycles. The molecule has 3 aliphatic carbocycles. The fourth-order valence-corrected chi connectivity index (χ4v) is 6.44. The normalized spacial score (nSPS) is 49.5. The minimum atomic E-state index is -0.251. The topological polar surface area (TPSA) is 66.5 Å². The van der Waals surface area contributed by atoms with E-state index in [0.29, 0.717) is 17.8 Å². The SMILES string of the molecule is C=C1CCC2C(/C=C/N)C([C@@]3(C)CC[C@H](O)C[C@@H]3CO)CC[C@]12C. The lowest BCUT2D eigenvalue weighted by Gasteiger charge is -2.56. The van der Waals surface area contributed by atoms with E-state index in [9.17, 15) is 10.2 Å². The highest BCUT2D eigenvalue weighted by Crippen LogP contribution is 2.63. The molecule has 3 nitrogen and oxygen atoms in total. The number of hydrogen-bond acceptors (Lipinski definition) is 3. The second-order valence-electron chi connectivity index (χ2n) is 9.09. The number of rotatable bonds is 3. The third-order valence-electron chi connectivity index (χ3n) is 8.19. The van der Waals surface area contributed by atoms with Crippen LogP contribution in [0.2, 0.25) is 0 Å². The van der Waals surface area contributed by atoms with Gasteiger partial charge in [0, 0.05) is 6.61 Å². The Morgan fingerprint density at radius 1 is 1.21 bits per heavy atom. The van der Waals surface area contributed by atoms with E-state index in [1.54, 1.807) is 6.20 Å². The fraction of sp³-hybridized carbons (Fsp3) is 0.810. The Balaban J connectivity index is 1.93. The van der Waals surface area contributed by atoms with Gasteiger partial charge in [-0.2, -0.15) is 0 Å². The first-order chi connectivity index (χ1) is 11.4. The van der Waals surface area contributed by atoms with Gasteiger partial charge in [0.25, 0.3) is 0 Å². The van der Waals surface area contributed by atoms with Crippen molar-refractivity contribution in [1.82, 2.24) is 0 Å². The molecule has 0 aromatic heterocycles. The van der Waals surface area contributed by atoms with Crippen molar-refractivity contribution in [2.24, 2.45) is 40.2 Å². The maximum absolute atomic E-state index is 10.1. The molecular weight excluding hydrogens is 298 g/mol. The number of nitrogens with two attached hydrogens (primary N) is 1. The van der Waals surface area contributed by atoms with Gasteiger partial charge in [-0.05, 0) is 85.6 Å². The van der Waals surface area contributed by atoms with Gasteiger partial charge in [0.2, 0.25) is 0 Å². The van der Waals surface area contributed by atoms with Crippen molar-refractivity contribution in [3.05, 3.63) is 24.4 Å². The monoisotopic (exact) mass is 333 g/mol. The number of aliphatic hydroxyl groups is 2. The molecular formula is C21H35NO2. The first-order valence-electron chi connectivity index (χ1n) is 9.72. The van der Waals surface area contributed by atoms with E-state index in [0.717, 1.165) is 25.7 Å². The van der Waals surface area contributed by atoms with E-state index in [2.05, 4.69) is 26.5 Å². The average Bonchev–Trinajstić information content (AvgIpc) is 2.86. The molecule has 0 aliphatic heterocycles. The Morgan fingerprint density at radius 3 is 2.62 bits per heavy atom. The van der Waals surface area contributed by atoms with Gasteiger partial charge in [-0.1, -0.05) is 32.1 Å². The minimum absolute atomic E-state index is 0.0867. The van der Waals surface area contributed by atoms with Gasteiger partial charge in [-0.25, -0.2) is 0 Å². The number of allylic oxidation sites excluding steroid dienone is 2. The van der Waals surface area contributed by atoms with Crippen LogP contribution in [0.25, 0.3) is 0 Å². The Morgan fingerprint density at radius 2 is 1.96 bits per heavy atom. The van der Waals surface area contributed by atoms with Crippen LogP contribution in [0.3, 0.4) is 0 Å². The van der Waals surface area contributed by atoms with E-state index in [4.69, 9.17) is 5.73 Å². The van der Waals surface area contributed by atoms with Crippen molar-refractivity contribution >= 4 is 0 Å². The molecule has 7 atom stereocenters. The third kappa shape index (κ3) is 2.64. The number of aliphatic hydroxyl groups excluding tert-OH is 2. The highest BCUT2D eigenvalue weighted by molar-refractivity contribution is 5.22. The van der Waals surface area contributed by atoms with E-state index in [-0.39, 0.29) is 29.5 Å². The predicted octanol–water partition coefficient (Wildman–Crippen LogP) is 3.62. The Hall–Kier alpha value is -0.800. The third-order valence-corrected chi connectivity index (χ3v) is 8.19. The summed E-state index contributed by atoms with van der Waals surface area (Å²) in [6.07, 6.45) is 11.0. The second-order valence-corrected chi connectivity index (χ2v) is 9.09. The molecule has 0 saturated heterocycles. The molecule has 3 heteroatoms. The summed E-state index contributed by atoms with van der Waals surface area (Å²) in [6, 6.07) is 0. The van der Waals surface area contributed by atoms with Crippen LogP contribution in [0.4, 0.5) is 0 Å². The van der Waals surface area contributed by atoms with Crippen LogP contribution in [0, 0.1) is 34.5 Å². The zero-order valence-corrected chi connectivity index (χ0v) is 15.4. The van der Waals surface area contributed by atoms with Crippen molar-refractivity contribution in [1.29, 1.82) is 0 Å². The van der Waals surface area contributed by atoms with Crippen LogP contribution in [-0.2, 0) is 0 Å². The standard InChI is InChI=1S/C21H35NO2/c1-14-4-5-18-17(8-11-22)19(7-10-20(14,18)2)21(3)9-6-16(24)12-15(21)13-23/h8,11,15-19,23-24H,1,4-7,9-10,12-13,22H2,2-3H3/b11-8+/t15-,16+,17?,18?,19?,20-,21+/m1/s1. The molecule has 0 radical (unpaired) electrons. The molecule has 0 spiro atoms. The number of hydrogen-bond donors (Lipinski definition) is 3. The molecule has 0 bridgehead atoms. The van der Waals surface area contributed by atoms with Crippen LogP contribution in [0.5, 0.6) is 0 Å². The zero-order valence-electron chi connectivity index (χ0n) is 15.4. The number of fused-ring (bicyclic) bond motifs is 1. The highest BCUT2D eigenvalue weighted by Gasteiger charge is 2.55. The van der Waals surface area contributed by atoms with Gasteiger partial charge < -0.3 is 15.9 Å². The minimum Gasteiger partial charge on any atom is -0.405 e. The zero-order chi connectivity index (χ0) is 17.5. The lowest BCUT2D eigenvalue weighted by molar-refractivity contribution is -0.0833. The summed E-state index contributed by atoms with van der Waals surface area (Å²) in [6.45, 7) is 9.31. The summed E-state index contributed by atoms with van der Waals surface area (Å²) in [4.78, 5) is 0. The largest absolute Gasteiger partial charge is 0.405 e. The summed E-state index contributed by atoms with van der Waals surface area (Å²) < 4.78 is 0. The van der Waals surface area contributed by atoms with E-state index in [1.165, 1.54) is 24.8 Å². The van der Waals surface area contributed by atoms with Gasteiger partial charge in [-0.15, -0.1) is 0 Å². The molecule has 3 aliphatic rings. The predicted molar refractivity (Wildman–Crippen MR) is 98.1 cm³/mol. The van der Waals surface area contributed by atoms with Gasteiger partial charge in [0.15, 0.2) is 0 Å². The summed E-state index contributed by atoms with van der Waals surface area (Å²) in [5.41, 5.74) is 7.61. The van der Waals surface area contributed by atoms with Crippen LogP contribution in [0.1, 0.15) is 58.8 Å². The van der Waals surface area contributed by atoms with Gasteiger partial charge in [0.1, 0.15) is 0 Å². The van der Waals surface area contributed by atoms with E-state index in [1.807, 2.05) is 0 Å². The van der Waals surface area contributed by atoms with E-state index >= 15 is 0 Å². The average molecular weight is 334 g/mol. The summed E-state index contributed by atoms with van der Waals surface area (Å²) in [5, 5.41) is 20.1. The quantitative estimate of drug-likeness (QED) is 0.691. The maximum Gasteiger partial charge on any atom is 0.0544 e. The summed E-state index contributed by atoms with van der Waals surface area (Å²) >= 11 is 0. The smallest absolute Gasteiger partial charge is 0.0544 e. The molecule has 3 unspecified atom stereocenters. The fourth-order valence-electron chi connectivity index (χ4n) is 6.44. The van der Waals surface area contributed by atoms with Gasteiger partial charge in [-0.3, -0.25) is 0 Å². The van der Waals surface area contributed by atoms with E-state index < -0.39 is 0 Å². The summed E-state index contributed by atoms with van der Waals surface area (Å²) in [7, 11) is 0. The first kappa shape index (κ1) is 18.0. The molecule has 0 heterocycles. The van der Waals surface area contributed by atoms with Gasteiger partial charge >= 0.3 is 0 Å². The molecule has 136 valence electrons. The van der Waals surface area contributed by atoms with Crippen LogP contribution < -0.4 is 5.73 Å². The molecule has 3 fully saturated rings. The molecule has 4 N–H and O–H groups in total. The summed E-state index contributed by atoms with van der Waals surface area (Å²) in [5.74, 6) is 1.80. The van der Waals surface area contributed by atoms with Crippen LogP contribution >= 0.6 is 0 Å². The van der Waals surface area contributed by atoms with Crippen LogP contribution in [0.15, 0.2) is 24.4 Å². The second kappa shape index (κ2) is 6.49. The lowest BCUT2D eigenvalue weighted by Crippen LogP contribution is -2.50. The molecule has 0 aromatic rings. The Bertz CT molecular complexity index is 516.